The Balaban J connectivity index is 2.44. The molecule has 150 valence electrons. The Hall–Kier alpha value is -1.13. The van der Waals surface area contributed by atoms with E-state index in [0.717, 1.165) is 19.3 Å². The highest BCUT2D eigenvalue weighted by molar-refractivity contribution is 5.69. The average molecular weight is 367 g/mol. The molecule has 0 bridgehead atoms. The molecule has 0 radical (unpaired) electrons. The largest absolute Gasteiger partial charge is 0.469 e. The fourth-order valence-corrected chi connectivity index (χ4v) is 3.67. The molecule has 1 aliphatic rings. The molecule has 0 amide bonds. The fraction of sp³-hybridized carbons (Fsp3) is 0.773. The summed E-state index contributed by atoms with van der Waals surface area (Å²) in [6.07, 6.45) is 15.8. The SMILES string of the molecule is CCCCC[C@@H](C)/C=C/[C@@H]1[C@@H](C/C=C\CCCC(=O)OC)[C@@H](O)C[C@H]1O. The number of carbonyl (C=O) groups excluding carboxylic acids is 1. The Kier molecular flexibility index (Phi) is 11.5. The summed E-state index contributed by atoms with van der Waals surface area (Å²) in [6, 6.07) is 0. The second-order valence-corrected chi connectivity index (χ2v) is 7.65. The van der Waals surface area contributed by atoms with E-state index in [4.69, 9.17) is 0 Å². The molecule has 0 aliphatic heterocycles. The zero-order valence-corrected chi connectivity index (χ0v) is 16.8. The van der Waals surface area contributed by atoms with E-state index in [1.807, 2.05) is 0 Å². The van der Waals surface area contributed by atoms with E-state index in [2.05, 4.69) is 42.9 Å². The van der Waals surface area contributed by atoms with Crippen molar-refractivity contribution in [1.82, 2.24) is 0 Å². The highest BCUT2D eigenvalue weighted by Gasteiger charge is 2.39. The van der Waals surface area contributed by atoms with E-state index in [1.54, 1.807) is 0 Å². The van der Waals surface area contributed by atoms with Crippen LogP contribution in [0.25, 0.3) is 0 Å². The van der Waals surface area contributed by atoms with Crippen LogP contribution in [0.2, 0.25) is 0 Å². The summed E-state index contributed by atoms with van der Waals surface area (Å²) in [5.74, 6) is 0.436. The molecule has 2 N–H and O–H groups in total. The van der Waals surface area contributed by atoms with Crippen molar-refractivity contribution in [3.63, 3.8) is 0 Å². The maximum atomic E-state index is 11.1. The smallest absolute Gasteiger partial charge is 0.305 e. The molecule has 4 nitrogen and oxygen atoms in total. The van der Waals surface area contributed by atoms with Gasteiger partial charge in [0.1, 0.15) is 0 Å². The fourth-order valence-electron chi connectivity index (χ4n) is 3.67. The Labute approximate surface area is 159 Å². The van der Waals surface area contributed by atoms with Crippen molar-refractivity contribution in [1.29, 1.82) is 0 Å². The molecule has 0 heterocycles. The van der Waals surface area contributed by atoms with Crippen LogP contribution in [0.15, 0.2) is 24.3 Å². The van der Waals surface area contributed by atoms with Crippen molar-refractivity contribution in [3.8, 4) is 0 Å². The van der Waals surface area contributed by atoms with E-state index in [1.165, 1.54) is 32.8 Å². The van der Waals surface area contributed by atoms with Gasteiger partial charge in [0.2, 0.25) is 0 Å². The lowest BCUT2D eigenvalue weighted by atomic mass is 9.88. The number of rotatable bonds is 12. The normalized spacial score (nSPS) is 27.4. The van der Waals surface area contributed by atoms with Crippen LogP contribution in [0.4, 0.5) is 0 Å². The van der Waals surface area contributed by atoms with Crippen molar-refractivity contribution >= 4 is 5.97 Å². The number of methoxy groups -OCH3 is 1. The number of hydrogen-bond donors (Lipinski definition) is 2. The van der Waals surface area contributed by atoms with Crippen LogP contribution in [0.3, 0.4) is 0 Å². The second kappa shape index (κ2) is 13.1. The van der Waals surface area contributed by atoms with E-state index in [-0.39, 0.29) is 17.8 Å². The molecule has 1 rings (SSSR count). The number of ether oxygens (including phenoxy) is 1. The van der Waals surface area contributed by atoms with E-state index in [0.29, 0.717) is 18.8 Å². The van der Waals surface area contributed by atoms with Crippen LogP contribution in [0, 0.1) is 17.8 Å². The summed E-state index contributed by atoms with van der Waals surface area (Å²) in [5.41, 5.74) is 0. The van der Waals surface area contributed by atoms with Crippen molar-refractivity contribution in [3.05, 3.63) is 24.3 Å². The van der Waals surface area contributed by atoms with Crippen molar-refractivity contribution in [2.24, 2.45) is 17.8 Å². The van der Waals surface area contributed by atoms with Crippen molar-refractivity contribution in [2.45, 2.75) is 83.8 Å². The molecule has 0 aromatic carbocycles. The molecule has 0 unspecified atom stereocenters. The lowest BCUT2D eigenvalue weighted by molar-refractivity contribution is -0.140. The monoisotopic (exact) mass is 366 g/mol. The molecule has 5 atom stereocenters. The summed E-state index contributed by atoms with van der Waals surface area (Å²) >= 11 is 0. The van der Waals surface area contributed by atoms with Crippen LogP contribution in [0.5, 0.6) is 0 Å². The molecule has 1 saturated carbocycles. The van der Waals surface area contributed by atoms with Crippen LogP contribution in [-0.2, 0) is 9.53 Å². The van der Waals surface area contributed by atoms with Gasteiger partial charge in [-0.15, -0.1) is 0 Å². The Bertz CT molecular complexity index is 443. The topological polar surface area (TPSA) is 66.8 Å². The number of carbonyl (C=O) groups is 1. The summed E-state index contributed by atoms with van der Waals surface area (Å²) in [7, 11) is 1.41. The van der Waals surface area contributed by atoms with E-state index >= 15 is 0 Å². The van der Waals surface area contributed by atoms with Crippen molar-refractivity contribution < 1.29 is 19.7 Å². The summed E-state index contributed by atoms with van der Waals surface area (Å²) in [5, 5.41) is 20.6. The molecule has 0 aromatic rings. The van der Waals surface area contributed by atoms with Crippen LogP contribution < -0.4 is 0 Å². The van der Waals surface area contributed by atoms with Gasteiger partial charge in [0, 0.05) is 18.8 Å². The third kappa shape index (κ3) is 8.50. The van der Waals surface area contributed by atoms with Gasteiger partial charge in [0.05, 0.1) is 19.3 Å². The second-order valence-electron chi connectivity index (χ2n) is 7.65. The zero-order valence-electron chi connectivity index (χ0n) is 16.8. The van der Waals surface area contributed by atoms with E-state index in [9.17, 15) is 15.0 Å². The highest BCUT2D eigenvalue weighted by Crippen LogP contribution is 2.36. The molecule has 0 spiro atoms. The number of unbranched alkanes of at least 4 members (excludes halogenated alkanes) is 3. The number of allylic oxidation sites excluding steroid dienone is 3. The average Bonchev–Trinajstić information content (AvgIpc) is 2.89. The molecule has 26 heavy (non-hydrogen) atoms. The van der Waals surface area contributed by atoms with Crippen LogP contribution in [0.1, 0.15) is 71.6 Å². The molecule has 4 heteroatoms. The predicted octanol–water partition coefficient (Wildman–Crippen LogP) is 4.41. The molecular formula is C22H38O4. The number of esters is 1. The van der Waals surface area contributed by atoms with Gasteiger partial charge in [-0.05, 0) is 37.5 Å². The first-order chi connectivity index (χ1) is 12.5. The van der Waals surface area contributed by atoms with Gasteiger partial charge in [-0.3, -0.25) is 4.79 Å². The van der Waals surface area contributed by atoms with Gasteiger partial charge >= 0.3 is 5.97 Å². The molecule has 1 aliphatic carbocycles. The lowest BCUT2D eigenvalue weighted by Crippen LogP contribution is -2.20. The third-order valence-electron chi connectivity index (χ3n) is 5.40. The first-order valence-corrected chi connectivity index (χ1v) is 10.3. The summed E-state index contributed by atoms with van der Waals surface area (Å²) in [6.45, 7) is 4.44. The summed E-state index contributed by atoms with van der Waals surface area (Å²) < 4.78 is 4.62. The van der Waals surface area contributed by atoms with Crippen LogP contribution in [-0.4, -0.2) is 35.5 Å². The molecule has 0 saturated heterocycles. The van der Waals surface area contributed by atoms with Gasteiger partial charge in [-0.2, -0.15) is 0 Å². The zero-order chi connectivity index (χ0) is 19.4. The summed E-state index contributed by atoms with van der Waals surface area (Å²) in [4.78, 5) is 11.1. The lowest BCUT2D eigenvalue weighted by Gasteiger charge is -2.19. The Morgan fingerprint density at radius 3 is 2.65 bits per heavy atom. The molecule has 0 aromatic heterocycles. The highest BCUT2D eigenvalue weighted by atomic mass is 16.5. The quantitative estimate of drug-likeness (QED) is 0.305. The number of hydrogen-bond acceptors (Lipinski definition) is 4. The van der Waals surface area contributed by atoms with Gasteiger partial charge in [-0.25, -0.2) is 0 Å². The predicted molar refractivity (Wildman–Crippen MR) is 106 cm³/mol. The maximum Gasteiger partial charge on any atom is 0.305 e. The van der Waals surface area contributed by atoms with Gasteiger partial charge in [-0.1, -0.05) is 57.4 Å². The Morgan fingerprint density at radius 2 is 1.96 bits per heavy atom. The van der Waals surface area contributed by atoms with Crippen molar-refractivity contribution in [2.75, 3.05) is 7.11 Å². The first kappa shape index (κ1) is 22.9. The minimum absolute atomic E-state index is 0.0262. The van der Waals surface area contributed by atoms with Gasteiger partial charge < -0.3 is 14.9 Å². The number of aliphatic hydroxyl groups excluding tert-OH is 2. The minimum atomic E-state index is -0.457. The number of aliphatic hydroxyl groups is 2. The Morgan fingerprint density at radius 1 is 1.19 bits per heavy atom. The van der Waals surface area contributed by atoms with Crippen LogP contribution >= 0.6 is 0 Å². The minimum Gasteiger partial charge on any atom is -0.469 e. The molecule has 1 fully saturated rings. The molecular weight excluding hydrogens is 328 g/mol. The van der Waals surface area contributed by atoms with Gasteiger partial charge in [0.25, 0.3) is 0 Å². The van der Waals surface area contributed by atoms with Gasteiger partial charge in [0.15, 0.2) is 0 Å². The first-order valence-electron chi connectivity index (χ1n) is 10.3. The van der Waals surface area contributed by atoms with E-state index < -0.39 is 12.2 Å². The maximum absolute atomic E-state index is 11.1. The standard InChI is InChI=1S/C22H38O4/c1-4-5-8-11-17(2)14-15-19-18(20(23)16-21(19)24)12-9-6-7-10-13-22(25)26-3/h6,9,14-15,17-21,23-24H,4-5,7-8,10-13,16H2,1-3H3/b9-6-,15-14+/t17-,18-,19-,20+,21-/m1/s1. The third-order valence-corrected chi connectivity index (χ3v) is 5.40.